The van der Waals surface area contributed by atoms with E-state index in [9.17, 15) is 30.3 Å². The fourth-order valence-electron chi connectivity index (χ4n) is 8.40. The number of carbonyl (C=O) groups is 1. The van der Waals surface area contributed by atoms with Crippen LogP contribution in [0.25, 0.3) is 0 Å². The molecule has 0 spiro atoms. The Morgan fingerprint density at radius 1 is 1.06 bits per heavy atom. The minimum atomic E-state index is -1.35. The highest BCUT2D eigenvalue weighted by Gasteiger charge is 2.69. The summed E-state index contributed by atoms with van der Waals surface area (Å²) in [5, 5.41) is 55.7. The van der Waals surface area contributed by atoms with Gasteiger partial charge in [0, 0.05) is 11.3 Å². The molecule has 1 unspecified atom stereocenters. The summed E-state index contributed by atoms with van der Waals surface area (Å²) < 4.78 is 0. The van der Waals surface area contributed by atoms with Crippen LogP contribution in [0.15, 0.2) is 11.6 Å². The monoisotopic (exact) mass is 478 g/mol. The van der Waals surface area contributed by atoms with Crippen molar-refractivity contribution in [1.29, 1.82) is 0 Å². The Morgan fingerprint density at radius 2 is 1.71 bits per heavy atom. The molecule has 0 aromatic rings. The van der Waals surface area contributed by atoms with E-state index in [0.717, 1.165) is 18.4 Å². The van der Waals surface area contributed by atoms with Crippen LogP contribution in [-0.2, 0) is 4.79 Å². The van der Waals surface area contributed by atoms with Crippen molar-refractivity contribution >= 4 is 5.78 Å². The first kappa shape index (κ1) is 26.3. The van der Waals surface area contributed by atoms with Gasteiger partial charge in [-0.25, -0.2) is 0 Å². The van der Waals surface area contributed by atoms with Gasteiger partial charge in [-0.2, -0.15) is 0 Å². The molecule has 0 radical (unpaired) electrons. The fraction of sp³-hybridized carbons (Fsp3) is 0.893. The van der Waals surface area contributed by atoms with Gasteiger partial charge in [-0.15, -0.1) is 0 Å². The smallest absolute Gasteiger partial charge is 0.159 e. The highest BCUT2D eigenvalue weighted by atomic mass is 16.3. The molecular weight excluding hydrogens is 432 g/mol. The van der Waals surface area contributed by atoms with E-state index >= 15 is 0 Å². The molecule has 10 atom stereocenters. The number of aliphatic hydroxyl groups excluding tert-OH is 3. The van der Waals surface area contributed by atoms with Gasteiger partial charge < -0.3 is 25.5 Å². The molecule has 5 N–H and O–H groups in total. The third-order valence-corrected chi connectivity index (χ3v) is 10.7. The van der Waals surface area contributed by atoms with E-state index in [1.165, 1.54) is 0 Å². The summed E-state index contributed by atoms with van der Waals surface area (Å²) >= 11 is 0. The van der Waals surface area contributed by atoms with Crippen molar-refractivity contribution in [1.82, 2.24) is 0 Å². The summed E-state index contributed by atoms with van der Waals surface area (Å²) in [6, 6.07) is 0. The molecule has 0 heterocycles. The van der Waals surface area contributed by atoms with E-state index in [1.807, 2.05) is 13.8 Å². The van der Waals surface area contributed by atoms with Crippen molar-refractivity contribution in [3.8, 4) is 0 Å². The van der Waals surface area contributed by atoms with Gasteiger partial charge in [0.1, 0.15) is 0 Å². The van der Waals surface area contributed by atoms with Gasteiger partial charge in [-0.1, -0.05) is 34.6 Å². The van der Waals surface area contributed by atoms with Crippen molar-refractivity contribution in [3.05, 3.63) is 11.6 Å². The van der Waals surface area contributed by atoms with Crippen LogP contribution in [0.4, 0.5) is 0 Å². The summed E-state index contributed by atoms with van der Waals surface area (Å²) in [6.07, 6.45) is 3.28. The van der Waals surface area contributed by atoms with Gasteiger partial charge in [-0.05, 0) is 92.6 Å². The third kappa shape index (κ3) is 3.75. The third-order valence-electron chi connectivity index (χ3n) is 10.7. The first-order chi connectivity index (χ1) is 15.5. The summed E-state index contributed by atoms with van der Waals surface area (Å²) in [6.45, 7) is 12.1. The molecule has 0 amide bonds. The SMILES string of the molecule is CC(C)(C)CC[C@@H](O)[C@](C)(O)[C@H]1CC[C@@]2(O)C3=CC(=O)[C@@H]4C[C@@H](O)[C@@H](O)C[C@]4(C)C3CC[C@]12C. The predicted octanol–water partition coefficient (Wildman–Crippen LogP) is 3.13. The normalized spacial score (nSPS) is 47.2. The Bertz CT molecular complexity index is 857. The number of hydrogen-bond acceptors (Lipinski definition) is 6. The largest absolute Gasteiger partial charge is 0.390 e. The maximum absolute atomic E-state index is 13.3. The van der Waals surface area contributed by atoms with Crippen LogP contribution in [0, 0.1) is 34.0 Å². The Kier molecular flexibility index (Phi) is 6.27. The molecule has 34 heavy (non-hydrogen) atoms. The Hall–Kier alpha value is -0.790. The number of rotatable bonds is 4. The molecule has 4 rings (SSSR count). The van der Waals surface area contributed by atoms with E-state index < -0.39 is 40.3 Å². The minimum absolute atomic E-state index is 0.0484. The Morgan fingerprint density at radius 3 is 2.32 bits per heavy atom. The molecule has 0 aliphatic heterocycles. The lowest BCUT2D eigenvalue weighted by Gasteiger charge is -2.60. The summed E-state index contributed by atoms with van der Waals surface area (Å²) in [5.74, 6) is -0.781. The van der Waals surface area contributed by atoms with Crippen molar-refractivity contribution in [2.24, 2.45) is 34.0 Å². The summed E-state index contributed by atoms with van der Waals surface area (Å²) in [5.41, 5.74) is -2.97. The van der Waals surface area contributed by atoms with Crippen LogP contribution in [0.2, 0.25) is 0 Å². The lowest BCUT2D eigenvalue weighted by molar-refractivity contribution is -0.176. The van der Waals surface area contributed by atoms with Crippen molar-refractivity contribution in [3.63, 3.8) is 0 Å². The molecule has 3 fully saturated rings. The fourth-order valence-corrected chi connectivity index (χ4v) is 8.40. The number of allylic oxidation sites excluding steroid dienone is 1. The maximum atomic E-state index is 13.3. The molecule has 0 aromatic carbocycles. The number of hydrogen-bond donors (Lipinski definition) is 5. The number of aliphatic hydroxyl groups is 5. The van der Waals surface area contributed by atoms with E-state index in [-0.39, 0.29) is 35.4 Å². The standard InChI is InChI=1S/C28H46O6/c1-24(2,3)10-9-23(32)27(6,33)22-8-12-28(34)17-13-19(29)18-14-20(30)21(31)15-25(18,4)16(17)7-11-26(22,28)5/h13,16,18,20-23,30-34H,7-12,14-15H2,1-6H3/t16?,18-,20+,21-,22-,23+,25+,26+,27+,28+/m0/s1. The molecule has 6 heteroatoms. The second-order valence-electron chi connectivity index (χ2n) is 13.9. The highest BCUT2D eigenvalue weighted by Crippen LogP contribution is 2.68. The predicted molar refractivity (Wildman–Crippen MR) is 130 cm³/mol. The highest BCUT2D eigenvalue weighted by molar-refractivity contribution is 5.95. The minimum Gasteiger partial charge on any atom is -0.390 e. The quantitative estimate of drug-likeness (QED) is 0.424. The number of carbonyl (C=O) groups excluding carboxylic acids is 1. The average Bonchev–Trinajstić information content (AvgIpc) is 3.00. The van der Waals surface area contributed by atoms with Gasteiger partial charge in [0.15, 0.2) is 5.78 Å². The average molecular weight is 479 g/mol. The maximum Gasteiger partial charge on any atom is 0.159 e. The van der Waals surface area contributed by atoms with Crippen LogP contribution in [0.5, 0.6) is 0 Å². The second-order valence-corrected chi connectivity index (χ2v) is 13.9. The molecule has 0 saturated heterocycles. The first-order valence-corrected chi connectivity index (χ1v) is 13.2. The van der Waals surface area contributed by atoms with Crippen LogP contribution in [0.1, 0.15) is 92.9 Å². The van der Waals surface area contributed by atoms with Gasteiger partial charge >= 0.3 is 0 Å². The van der Waals surface area contributed by atoms with Gasteiger partial charge in [0.25, 0.3) is 0 Å². The molecule has 3 saturated carbocycles. The molecule has 4 aliphatic carbocycles. The zero-order valence-electron chi connectivity index (χ0n) is 21.8. The Balaban J connectivity index is 1.66. The zero-order valence-corrected chi connectivity index (χ0v) is 21.8. The molecule has 194 valence electrons. The molecule has 6 nitrogen and oxygen atoms in total. The van der Waals surface area contributed by atoms with Crippen LogP contribution in [0.3, 0.4) is 0 Å². The lowest BCUT2D eigenvalue weighted by Crippen LogP contribution is -2.62. The molecular formula is C28H46O6. The second kappa shape index (κ2) is 8.11. The van der Waals surface area contributed by atoms with Crippen LogP contribution in [-0.4, -0.2) is 60.8 Å². The number of ketones is 1. The molecule has 4 aliphatic rings. The first-order valence-electron chi connectivity index (χ1n) is 13.2. The molecule has 0 bridgehead atoms. The summed E-state index contributed by atoms with van der Waals surface area (Å²) in [7, 11) is 0. The van der Waals surface area contributed by atoms with Crippen LogP contribution < -0.4 is 0 Å². The van der Waals surface area contributed by atoms with Crippen molar-refractivity contribution in [2.45, 2.75) is 122 Å². The topological polar surface area (TPSA) is 118 Å². The number of fused-ring (bicyclic) bond motifs is 5. The Labute approximate surface area is 204 Å². The van der Waals surface area contributed by atoms with E-state index in [2.05, 4.69) is 20.8 Å². The van der Waals surface area contributed by atoms with E-state index in [4.69, 9.17) is 0 Å². The van der Waals surface area contributed by atoms with E-state index in [0.29, 0.717) is 32.1 Å². The van der Waals surface area contributed by atoms with Gasteiger partial charge in [0.05, 0.1) is 29.5 Å². The van der Waals surface area contributed by atoms with Crippen LogP contribution >= 0.6 is 0 Å². The van der Waals surface area contributed by atoms with E-state index in [1.54, 1.807) is 13.0 Å². The lowest BCUT2D eigenvalue weighted by atomic mass is 9.45. The zero-order chi connectivity index (χ0) is 25.5. The molecule has 0 aromatic heterocycles. The van der Waals surface area contributed by atoms with Gasteiger partial charge in [0.2, 0.25) is 0 Å². The van der Waals surface area contributed by atoms with Crippen molar-refractivity contribution in [2.75, 3.05) is 0 Å². The van der Waals surface area contributed by atoms with Crippen molar-refractivity contribution < 1.29 is 30.3 Å². The summed E-state index contributed by atoms with van der Waals surface area (Å²) in [4.78, 5) is 13.3. The van der Waals surface area contributed by atoms with Gasteiger partial charge in [-0.3, -0.25) is 4.79 Å².